The van der Waals surface area contributed by atoms with E-state index in [-0.39, 0.29) is 11.5 Å². The van der Waals surface area contributed by atoms with Crippen LogP contribution in [0.1, 0.15) is 63.9 Å². The van der Waals surface area contributed by atoms with Crippen LogP contribution in [0.2, 0.25) is 6.04 Å². The highest BCUT2D eigenvalue weighted by Gasteiger charge is 2.37. The fraction of sp³-hybridized carbons (Fsp3) is 0.714. The smallest absolute Gasteiger partial charge is 0.377 e. The molecule has 0 aliphatic heterocycles. The van der Waals surface area contributed by atoms with Crippen LogP contribution in [0.4, 0.5) is 0 Å². The lowest BCUT2D eigenvalue weighted by molar-refractivity contribution is 0.123. The summed E-state index contributed by atoms with van der Waals surface area (Å²) in [4.78, 5) is 0.189. The van der Waals surface area contributed by atoms with Gasteiger partial charge in [-0.15, -0.1) is 0 Å². The van der Waals surface area contributed by atoms with Crippen molar-refractivity contribution in [3.63, 3.8) is 0 Å². The summed E-state index contributed by atoms with van der Waals surface area (Å²) in [6.45, 7) is 2.45. The van der Waals surface area contributed by atoms with E-state index in [9.17, 15) is 8.42 Å². The Labute approximate surface area is 178 Å². The van der Waals surface area contributed by atoms with Crippen LogP contribution in [-0.2, 0) is 34.0 Å². The molecule has 29 heavy (non-hydrogen) atoms. The first-order chi connectivity index (χ1) is 13.9. The number of unbranched alkanes of at least 4 members (excludes halogenated alkanes) is 7. The fourth-order valence-electron chi connectivity index (χ4n) is 3.15. The molecule has 168 valence electrons. The monoisotopic (exact) mass is 446 g/mol. The standard InChI is InChI=1S/C21H38O6SSi/c1-5-6-7-8-9-10-11-12-18-27-28(22,23)21-15-13-20(14-16-21)17-19-29(24-2,25-3)26-4/h13-16H,5-12,17-19H2,1-4H3. The highest BCUT2D eigenvalue weighted by Crippen LogP contribution is 2.19. The lowest BCUT2D eigenvalue weighted by Gasteiger charge is -2.24. The van der Waals surface area contributed by atoms with E-state index in [1.54, 1.807) is 45.6 Å². The third kappa shape index (κ3) is 9.72. The molecule has 0 unspecified atom stereocenters. The van der Waals surface area contributed by atoms with Crippen LogP contribution >= 0.6 is 0 Å². The molecular formula is C21H38O6SSi. The van der Waals surface area contributed by atoms with Crippen molar-refractivity contribution in [2.24, 2.45) is 0 Å². The minimum absolute atomic E-state index is 0.189. The van der Waals surface area contributed by atoms with Crippen LogP contribution in [-0.4, -0.2) is 45.2 Å². The van der Waals surface area contributed by atoms with E-state index in [2.05, 4.69) is 6.92 Å². The quantitative estimate of drug-likeness (QED) is 0.191. The molecule has 1 rings (SSSR count). The van der Waals surface area contributed by atoms with Crippen molar-refractivity contribution in [1.82, 2.24) is 0 Å². The molecule has 0 heterocycles. The topological polar surface area (TPSA) is 71.1 Å². The van der Waals surface area contributed by atoms with Gasteiger partial charge in [0.1, 0.15) is 0 Å². The molecule has 0 aliphatic carbocycles. The summed E-state index contributed by atoms with van der Waals surface area (Å²) in [5.74, 6) is 0. The minimum Gasteiger partial charge on any atom is -0.377 e. The van der Waals surface area contributed by atoms with Gasteiger partial charge < -0.3 is 13.3 Å². The largest absolute Gasteiger partial charge is 0.500 e. The maximum atomic E-state index is 12.3. The third-order valence-electron chi connectivity index (χ3n) is 5.10. The highest BCUT2D eigenvalue weighted by atomic mass is 32.2. The van der Waals surface area contributed by atoms with Gasteiger partial charge in [-0.05, 0) is 30.5 Å². The molecule has 0 radical (unpaired) electrons. The number of hydrogen-bond donors (Lipinski definition) is 0. The number of rotatable bonds is 17. The Morgan fingerprint density at radius 1 is 0.793 bits per heavy atom. The van der Waals surface area contributed by atoms with E-state index in [0.717, 1.165) is 24.8 Å². The van der Waals surface area contributed by atoms with E-state index in [4.69, 9.17) is 17.5 Å². The maximum Gasteiger partial charge on any atom is 0.500 e. The van der Waals surface area contributed by atoms with Crippen LogP contribution in [0, 0.1) is 0 Å². The van der Waals surface area contributed by atoms with Crippen molar-refractivity contribution in [3.05, 3.63) is 29.8 Å². The lowest BCUT2D eigenvalue weighted by atomic mass is 10.1. The summed E-state index contributed by atoms with van der Waals surface area (Å²) in [6.07, 6.45) is 9.92. The van der Waals surface area contributed by atoms with E-state index in [1.807, 2.05) is 0 Å². The van der Waals surface area contributed by atoms with Gasteiger partial charge in [-0.25, -0.2) is 0 Å². The molecule has 0 fully saturated rings. The molecule has 0 N–H and O–H groups in total. The second-order valence-corrected chi connectivity index (χ2v) is 11.9. The Balaban J connectivity index is 2.39. The minimum atomic E-state index is -3.70. The predicted molar refractivity (Wildman–Crippen MR) is 117 cm³/mol. The molecule has 0 aliphatic rings. The summed E-state index contributed by atoms with van der Waals surface area (Å²) in [5.41, 5.74) is 0.995. The van der Waals surface area contributed by atoms with Gasteiger partial charge >= 0.3 is 8.80 Å². The van der Waals surface area contributed by atoms with Gasteiger partial charge in [-0.3, -0.25) is 4.18 Å². The van der Waals surface area contributed by atoms with Gasteiger partial charge in [0.25, 0.3) is 10.1 Å². The van der Waals surface area contributed by atoms with Gasteiger partial charge in [-0.1, -0.05) is 64.0 Å². The van der Waals surface area contributed by atoms with E-state index in [1.165, 1.54) is 32.1 Å². The predicted octanol–water partition coefficient (Wildman–Crippen LogP) is 4.95. The average Bonchev–Trinajstić information content (AvgIpc) is 2.74. The number of benzene rings is 1. The second kappa shape index (κ2) is 14.3. The summed E-state index contributed by atoms with van der Waals surface area (Å²) >= 11 is 0. The summed E-state index contributed by atoms with van der Waals surface area (Å²) in [6, 6.07) is 7.40. The number of hydrogen-bond acceptors (Lipinski definition) is 6. The highest BCUT2D eigenvalue weighted by molar-refractivity contribution is 7.86. The van der Waals surface area contributed by atoms with Gasteiger partial charge in [0.15, 0.2) is 0 Å². The molecular weight excluding hydrogens is 408 g/mol. The molecule has 0 saturated carbocycles. The first-order valence-corrected chi connectivity index (χ1v) is 13.9. The average molecular weight is 447 g/mol. The SMILES string of the molecule is CCCCCCCCCCOS(=O)(=O)c1ccc(CC[Si](OC)(OC)OC)cc1. The Kier molecular flexibility index (Phi) is 12.9. The molecule has 0 atom stereocenters. The Hall–Kier alpha value is -0.773. The molecule has 0 amide bonds. The van der Waals surface area contributed by atoms with E-state index >= 15 is 0 Å². The first kappa shape index (κ1) is 26.3. The van der Waals surface area contributed by atoms with Gasteiger partial charge in [0, 0.05) is 27.4 Å². The van der Waals surface area contributed by atoms with Gasteiger partial charge in [0.05, 0.1) is 11.5 Å². The molecule has 1 aromatic rings. The van der Waals surface area contributed by atoms with Crippen molar-refractivity contribution < 1.29 is 25.9 Å². The van der Waals surface area contributed by atoms with Crippen molar-refractivity contribution in [2.45, 2.75) is 75.7 Å². The zero-order chi connectivity index (χ0) is 21.6. The molecule has 0 aromatic heterocycles. The Morgan fingerprint density at radius 2 is 1.31 bits per heavy atom. The van der Waals surface area contributed by atoms with Crippen LogP contribution in [0.3, 0.4) is 0 Å². The van der Waals surface area contributed by atoms with Crippen LogP contribution in [0.5, 0.6) is 0 Å². The maximum absolute atomic E-state index is 12.3. The molecule has 6 nitrogen and oxygen atoms in total. The summed E-state index contributed by atoms with van der Waals surface area (Å²) < 4.78 is 46.1. The summed E-state index contributed by atoms with van der Waals surface area (Å²) in [7, 11) is -1.59. The lowest BCUT2D eigenvalue weighted by Crippen LogP contribution is -2.43. The van der Waals surface area contributed by atoms with Crippen molar-refractivity contribution in [2.75, 3.05) is 27.9 Å². The van der Waals surface area contributed by atoms with Crippen LogP contribution in [0.15, 0.2) is 29.2 Å². The van der Waals surface area contributed by atoms with E-state index in [0.29, 0.717) is 12.5 Å². The van der Waals surface area contributed by atoms with Crippen LogP contribution < -0.4 is 0 Å². The second-order valence-electron chi connectivity index (χ2n) is 7.19. The third-order valence-corrected chi connectivity index (χ3v) is 9.16. The van der Waals surface area contributed by atoms with Gasteiger partial charge in [-0.2, -0.15) is 8.42 Å². The summed E-state index contributed by atoms with van der Waals surface area (Å²) in [5, 5.41) is 0. The molecule has 0 saturated heterocycles. The Morgan fingerprint density at radius 3 is 1.83 bits per heavy atom. The number of aryl methyl sites for hydroxylation is 1. The normalized spacial score (nSPS) is 12.4. The molecule has 0 spiro atoms. The first-order valence-electron chi connectivity index (χ1n) is 10.6. The Bertz CT molecular complexity index is 635. The van der Waals surface area contributed by atoms with Gasteiger partial charge in [0.2, 0.25) is 0 Å². The zero-order valence-corrected chi connectivity index (χ0v) is 20.3. The van der Waals surface area contributed by atoms with Crippen molar-refractivity contribution in [1.29, 1.82) is 0 Å². The van der Waals surface area contributed by atoms with Crippen molar-refractivity contribution >= 4 is 18.9 Å². The van der Waals surface area contributed by atoms with Crippen molar-refractivity contribution in [3.8, 4) is 0 Å². The zero-order valence-electron chi connectivity index (χ0n) is 18.4. The molecule has 8 heteroatoms. The molecule has 0 bridgehead atoms. The van der Waals surface area contributed by atoms with E-state index < -0.39 is 18.9 Å². The van der Waals surface area contributed by atoms with Crippen LogP contribution in [0.25, 0.3) is 0 Å². The fourth-order valence-corrected chi connectivity index (χ4v) is 5.80. The molecule has 1 aromatic carbocycles.